The molecule has 1 aliphatic rings. The summed E-state index contributed by atoms with van der Waals surface area (Å²) in [7, 11) is 0. The van der Waals surface area contributed by atoms with Crippen molar-refractivity contribution in [2.45, 2.75) is 33.2 Å². The summed E-state index contributed by atoms with van der Waals surface area (Å²) < 4.78 is 0. The van der Waals surface area contributed by atoms with E-state index in [1.807, 2.05) is 13.1 Å². The highest BCUT2D eigenvalue weighted by Gasteiger charge is 2.27. The molecule has 0 radical (unpaired) electrons. The van der Waals surface area contributed by atoms with Crippen LogP contribution in [0, 0.1) is 13.8 Å². The van der Waals surface area contributed by atoms with Gasteiger partial charge in [0.15, 0.2) is 0 Å². The molecule has 1 N–H and O–H groups in total. The summed E-state index contributed by atoms with van der Waals surface area (Å²) in [5.41, 5.74) is 4.66. The fraction of sp³-hybridized carbons (Fsp3) is 0.333. The number of hydrogen-bond acceptors (Lipinski definition) is 3. The van der Waals surface area contributed by atoms with Gasteiger partial charge in [0.05, 0.1) is 6.04 Å². The van der Waals surface area contributed by atoms with E-state index in [9.17, 15) is 4.79 Å². The van der Waals surface area contributed by atoms with Gasteiger partial charge in [-0.25, -0.2) is 4.98 Å². The Morgan fingerprint density at radius 1 is 1.23 bits per heavy atom. The molecule has 0 aliphatic carbocycles. The minimum absolute atomic E-state index is 0.0133. The van der Waals surface area contributed by atoms with E-state index in [4.69, 9.17) is 0 Å². The van der Waals surface area contributed by atoms with Crippen molar-refractivity contribution in [3.63, 3.8) is 0 Å². The van der Waals surface area contributed by atoms with Crippen LogP contribution in [0.15, 0.2) is 36.5 Å². The maximum absolute atomic E-state index is 11.5. The van der Waals surface area contributed by atoms with Crippen molar-refractivity contribution in [3.05, 3.63) is 53.2 Å². The monoisotopic (exact) mass is 295 g/mol. The molecule has 4 nitrogen and oxygen atoms in total. The first-order valence-electron chi connectivity index (χ1n) is 7.62. The summed E-state index contributed by atoms with van der Waals surface area (Å²) in [4.78, 5) is 18.2. The van der Waals surface area contributed by atoms with Crippen molar-refractivity contribution in [1.82, 2.24) is 10.3 Å². The Morgan fingerprint density at radius 3 is 2.68 bits per heavy atom. The lowest BCUT2D eigenvalue weighted by atomic mass is 9.94. The number of aromatic nitrogens is 1. The van der Waals surface area contributed by atoms with Gasteiger partial charge in [0.2, 0.25) is 5.91 Å². The second-order valence-electron chi connectivity index (χ2n) is 5.95. The maximum atomic E-state index is 11.5. The lowest BCUT2D eigenvalue weighted by Crippen LogP contribution is -2.35. The normalized spacial score (nSPS) is 17.0. The molecular weight excluding hydrogens is 274 g/mol. The first-order valence-corrected chi connectivity index (χ1v) is 7.62. The van der Waals surface area contributed by atoms with Gasteiger partial charge >= 0.3 is 0 Å². The molecule has 0 fully saturated rings. The van der Waals surface area contributed by atoms with Gasteiger partial charge in [-0.3, -0.25) is 4.79 Å². The van der Waals surface area contributed by atoms with Crippen LogP contribution in [0.4, 0.5) is 11.5 Å². The number of benzene rings is 1. The number of nitrogens with one attached hydrogen (secondary N) is 1. The minimum Gasteiger partial charge on any atom is -0.349 e. The molecule has 2 aromatic rings. The summed E-state index contributed by atoms with van der Waals surface area (Å²) >= 11 is 0. The number of amides is 1. The average Bonchev–Trinajstić information content (AvgIpc) is 2.48. The lowest BCUT2D eigenvalue weighted by Gasteiger charge is -2.35. The second-order valence-corrected chi connectivity index (χ2v) is 5.95. The average molecular weight is 295 g/mol. The fourth-order valence-corrected chi connectivity index (χ4v) is 2.99. The second kappa shape index (κ2) is 5.79. The zero-order valence-corrected chi connectivity index (χ0v) is 13.3. The Bertz CT molecular complexity index is 694. The Hall–Kier alpha value is -2.36. The van der Waals surface area contributed by atoms with Crippen molar-refractivity contribution in [2.24, 2.45) is 0 Å². The van der Waals surface area contributed by atoms with E-state index in [0.29, 0.717) is 0 Å². The smallest absolute Gasteiger partial charge is 0.217 e. The molecular formula is C18H21N3O. The molecule has 2 heterocycles. The van der Waals surface area contributed by atoms with Gasteiger partial charge in [-0.05, 0) is 43.5 Å². The number of aryl methyl sites for hydroxylation is 2. The van der Waals surface area contributed by atoms with Gasteiger partial charge in [-0.15, -0.1) is 0 Å². The van der Waals surface area contributed by atoms with Gasteiger partial charge in [0.25, 0.3) is 0 Å². The Balaban J connectivity index is 2.01. The number of carbonyl (C=O) groups excluding carboxylic acids is 1. The molecule has 1 unspecified atom stereocenters. The Kier molecular flexibility index (Phi) is 3.84. The highest BCUT2D eigenvalue weighted by atomic mass is 16.1. The van der Waals surface area contributed by atoms with Crippen LogP contribution in [-0.4, -0.2) is 17.4 Å². The minimum atomic E-state index is 0.0133. The van der Waals surface area contributed by atoms with Crippen molar-refractivity contribution < 1.29 is 4.79 Å². The van der Waals surface area contributed by atoms with Crippen LogP contribution >= 0.6 is 0 Å². The number of rotatable bonds is 2. The highest BCUT2D eigenvalue weighted by Crippen LogP contribution is 2.38. The third-order valence-electron chi connectivity index (χ3n) is 4.04. The summed E-state index contributed by atoms with van der Waals surface area (Å²) in [6, 6.07) is 10.6. The number of nitrogens with zero attached hydrogens (tertiary/aromatic N) is 2. The van der Waals surface area contributed by atoms with E-state index >= 15 is 0 Å². The fourth-order valence-electron chi connectivity index (χ4n) is 2.99. The third-order valence-corrected chi connectivity index (χ3v) is 4.04. The van der Waals surface area contributed by atoms with Crippen LogP contribution in [-0.2, 0) is 4.79 Å². The van der Waals surface area contributed by atoms with Crippen LogP contribution in [0.2, 0.25) is 0 Å². The molecule has 0 saturated carbocycles. The topological polar surface area (TPSA) is 45.2 Å². The Morgan fingerprint density at radius 2 is 2.00 bits per heavy atom. The molecule has 114 valence electrons. The Labute approximate surface area is 131 Å². The molecule has 0 bridgehead atoms. The van der Waals surface area contributed by atoms with Gasteiger partial charge in [-0.2, -0.15) is 0 Å². The molecule has 4 heteroatoms. The van der Waals surface area contributed by atoms with Crippen molar-refractivity contribution in [3.8, 4) is 0 Å². The van der Waals surface area contributed by atoms with E-state index < -0.39 is 0 Å². The molecule has 0 spiro atoms. The maximum Gasteiger partial charge on any atom is 0.217 e. The zero-order chi connectivity index (χ0) is 15.7. The molecule has 3 rings (SSSR count). The highest BCUT2D eigenvalue weighted by molar-refractivity contribution is 5.75. The van der Waals surface area contributed by atoms with Crippen LogP contribution in [0.1, 0.15) is 36.1 Å². The van der Waals surface area contributed by atoms with Crippen molar-refractivity contribution in [2.75, 3.05) is 11.4 Å². The quantitative estimate of drug-likeness (QED) is 0.923. The van der Waals surface area contributed by atoms with E-state index in [0.717, 1.165) is 30.0 Å². The SMILES string of the molecule is CC(=O)NC1CCN(c2ccc(C)cn2)c2ccc(C)cc21. The predicted molar refractivity (Wildman–Crippen MR) is 88.3 cm³/mol. The molecule has 22 heavy (non-hydrogen) atoms. The van der Waals surface area contributed by atoms with Gasteiger partial charge in [0, 0.05) is 25.4 Å². The van der Waals surface area contributed by atoms with E-state index in [2.05, 4.69) is 52.5 Å². The number of hydrogen-bond donors (Lipinski definition) is 1. The molecule has 0 saturated heterocycles. The zero-order valence-electron chi connectivity index (χ0n) is 13.3. The number of carbonyl (C=O) groups is 1. The predicted octanol–water partition coefficient (Wildman–Crippen LogP) is 3.42. The molecule has 1 atom stereocenters. The van der Waals surface area contributed by atoms with E-state index in [-0.39, 0.29) is 11.9 Å². The lowest BCUT2D eigenvalue weighted by molar-refractivity contribution is -0.119. The van der Waals surface area contributed by atoms with Crippen molar-refractivity contribution >= 4 is 17.4 Å². The van der Waals surface area contributed by atoms with E-state index in [1.165, 1.54) is 11.1 Å². The van der Waals surface area contributed by atoms with Crippen molar-refractivity contribution in [1.29, 1.82) is 0 Å². The summed E-state index contributed by atoms with van der Waals surface area (Å²) in [6.07, 6.45) is 2.77. The summed E-state index contributed by atoms with van der Waals surface area (Å²) in [6.45, 7) is 6.53. The van der Waals surface area contributed by atoms with Gasteiger partial charge in [0.1, 0.15) is 5.82 Å². The molecule has 1 amide bonds. The van der Waals surface area contributed by atoms with Crippen LogP contribution in [0.25, 0.3) is 0 Å². The molecule has 1 aliphatic heterocycles. The number of pyridine rings is 1. The standard InChI is InChI=1S/C18H21N3O/c1-12-4-6-17-15(10-12)16(20-14(3)22)8-9-21(17)18-7-5-13(2)11-19-18/h4-7,10-11,16H,8-9H2,1-3H3,(H,20,22). The van der Waals surface area contributed by atoms with Gasteiger partial charge in [-0.1, -0.05) is 23.8 Å². The molecule has 1 aromatic heterocycles. The largest absolute Gasteiger partial charge is 0.349 e. The number of fused-ring (bicyclic) bond motifs is 1. The summed E-state index contributed by atoms with van der Waals surface area (Å²) in [5, 5.41) is 3.06. The summed E-state index contributed by atoms with van der Waals surface area (Å²) in [5.74, 6) is 0.969. The third kappa shape index (κ3) is 2.82. The van der Waals surface area contributed by atoms with Gasteiger partial charge < -0.3 is 10.2 Å². The van der Waals surface area contributed by atoms with Crippen LogP contribution in [0.5, 0.6) is 0 Å². The van der Waals surface area contributed by atoms with E-state index in [1.54, 1.807) is 6.92 Å². The molecule has 1 aromatic carbocycles. The first-order chi connectivity index (χ1) is 10.5. The number of anilines is 2. The van der Waals surface area contributed by atoms with Crippen LogP contribution < -0.4 is 10.2 Å². The van der Waals surface area contributed by atoms with Crippen LogP contribution in [0.3, 0.4) is 0 Å². The first kappa shape index (κ1) is 14.6.